The van der Waals surface area contributed by atoms with E-state index in [0.29, 0.717) is 5.56 Å². The molecule has 0 radical (unpaired) electrons. The maximum atomic E-state index is 12.8. The summed E-state index contributed by atoms with van der Waals surface area (Å²) in [6.45, 7) is 6.50. The van der Waals surface area contributed by atoms with Crippen molar-refractivity contribution in [3.8, 4) is 0 Å². The molecule has 5 heteroatoms. The van der Waals surface area contributed by atoms with Crippen LogP contribution >= 0.6 is 0 Å². The molecular formula is C22H28N4O. The van der Waals surface area contributed by atoms with E-state index in [4.69, 9.17) is 0 Å². The van der Waals surface area contributed by atoms with Crippen LogP contribution in [0.25, 0.3) is 0 Å². The molecule has 4 rings (SSSR count). The Kier molecular flexibility index (Phi) is 5.28. The SMILES string of the molecule is CC1CCN(c2ccc(NC(=O)c3cccnc3N3CCCC3)cc2)CC1. The quantitative estimate of drug-likeness (QED) is 0.884. The second-order valence-electron chi connectivity index (χ2n) is 7.74. The van der Waals surface area contributed by atoms with Gasteiger partial charge in [0.1, 0.15) is 5.82 Å². The van der Waals surface area contributed by atoms with Crippen LogP contribution in [0.4, 0.5) is 17.2 Å². The molecule has 0 atom stereocenters. The average Bonchev–Trinajstić information content (AvgIpc) is 3.24. The topological polar surface area (TPSA) is 48.5 Å². The number of benzene rings is 1. The molecule has 2 aliphatic rings. The van der Waals surface area contributed by atoms with E-state index in [2.05, 4.69) is 39.2 Å². The van der Waals surface area contributed by atoms with Crippen molar-refractivity contribution in [1.82, 2.24) is 4.98 Å². The van der Waals surface area contributed by atoms with Gasteiger partial charge in [-0.05, 0) is 68.0 Å². The number of hydrogen-bond acceptors (Lipinski definition) is 4. The normalized spacial score (nSPS) is 18.0. The van der Waals surface area contributed by atoms with E-state index >= 15 is 0 Å². The van der Waals surface area contributed by atoms with E-state index in [0.717, 1.165) is 56.4 Å². The molecule has 2 saturated heterocycles. The summed E-state index contributed by atoms with van der Waals surface area (Å²) in [6.07, 6.45) is 6.58. The molecular weight excluding hydrogens is 336 g/mol. The molecule has 0 spiro atoms. The maximum Gasteiger partial charge on any atom is 0.259 e. The highest BCUT2D eigenvalue weighted by atomic mass is 16.1. The van der Waals surface area contributed by atoms with Crippen LogP contribution in [0.5, 0.6) is 0 Å². The number of hydrogen-bond donors (Lipinski definition) is 1. The molecule has 5 nitrogen and oxygen atoms in total. The van der Waals surface area contributed by atoms with Gasteiger partial charge in [0.05, 0.1) is 5.56 Å². The minimum Gasteiger partial charge on any atom is -0.372 e. The molecule has 1 N–H and O–H groups in total. The monoisotopic (exact) mass is 364 g/mol. The van der Waals surface area contributed by atoms with E-state index in [1.165, 1.54) is 18.5 Å². The lowest BCUT2D eigenvalue weighted by molar-refractivity contribution is 0.102. The predicted octanol–water partition coefficient (Wildman–Crippen LogP) is 4.17. The summed E-state index contributed by atoms with van der Waals surface area (Å²) >= 11 is 0. The van der Waals surface area contributed by atoms with Crippen molar-refractivity contribution in [3.05, 3.63) is 48.2 Å². The summed E-state index contributed by atoms with van der Waals surface area (Å²) in [5.74, 6) is 1.53. The highest BCUT2D eigenvalue weighted by Crippen LogP contribution is 2.26. The lowest BCUT2D eigenvalue weighted by Gasteiger charge is -2.32. The Morgan fingerprint density at radius 2 is 1.70 bits per heavy atom. The fourth-order valence-electron chi connectivity index (χ4n) is 3.98. The number of anilines is 3. The molecule has 3 heterocycles. The van der Waals surface area contributed by atoms with E-state index < -0.39 is 0 Å². The lowest BCUT2D eigenvalue weighted by Crippen LogP contribution is -2.32. The Morgan fingerprint density at radius 1 is 1.00 bits per heavy atom. The number of amides is 1. The summed E-state index contributed by atoms with van der Waals surface area (Å²) in [5.41, 5.74) is 2.71. The predicted molar refractivity (Wildman–Crippen MR) is 111 cm³/mol. The molecule has 2 fully saturated rings. The van der Waals surface area contributed by atoms with Gasteiger partial charge in [-0.1, -0.05) is 6.92 Å². The zero-order valence-electron chi connectivity index (χ0n) is 16.0. The van der Waals surface area contributed by atoms with Crippen LogP contribution in [0, 0.1) is 5.92 Å². The standard InChI is InChI=1S/C22H28N4O/c1-17-10-15-25(16-11-17)19-8-6-18(7-9-19)24-22(27)20-5-4-12-23-21(20)26-13-2-3-14-26/h4-9,12,17H,2-3,10-11,13-16H2,1H3,(H,24,27). The van der Waals surface area contributed by atoms with E-state index in [-0.39, 0.29) is 5.91 Å². The first-order chi connectivity index (χ1) is 13.2. The van der Waals surface area contributed by atoms with Crippen molar-refractivity contribution >= 4 is 23.1 Å². The van der Waals surface area contributed by atoms with Crippen molar-refractivity contribution < 1.29 is 4.79 Å². The molecule has 0 bridgehead atoms. The van der Waals surface area contributed by atoms with Gasteiger partial charge < -0.3 is 15.1 Å². The summed E-state index contributed by atoms with van der Waals surface area (Å²) in [5, 5.41) is 3.04. The van der Waals surface area contributed by atoms with E-state index in [1.807, 2.05) is 24.3 Å². The van der Waals surface area contributed by atoms with Crippen molar-refractivity contribution in [3.63, 3.8) is 0 Å². The van der Waals surface area contributed by atoms with Crippen molar-refractivity contribution in [2.24, 2.45) is 5.92 Å². The second-order valence-corrected chi connectivity index (χ2v) is 7.74. The Labute approximate surface area is 161 Å². The van der Waals surface area contributed by atoms with Crippen LogP contribution in [0.2, 0.25) is 0 Å². The van der Waals surface area contributed by atoms with E-state index in [1.54, 1.807) is 6.20 Å². The number of piperidine rings is 1. The third-order valence-electron chi connectivity index (χ3n) is 5.71. The van der Waals surface area contributed by atoms with Gasteiger partial charge in [0.25, 0.3) is 5.91 Å². The van der Waals surface area contributed by atoms with Crippen LogP contribution in [0.15, 0.2) is 42.6 Å². The van der Waals surface area contributed by atoms with Crippen molar-refractivity contribution in [1.29, 1.82) is 0 Å². The van der Waals surface area contributed by atoms with Crippen LogP contribution in [0.3, 0.4) is 0 Å². The molecule has 1 aromatic carbocycles. The fourth-order valence-corrected chi connectivity index (χ4v) is 3.98. The van der Waals surface area contributed by atoms with Crippen LogP contribution in [0.1, 0.15) is 43.0 Å². The van der Waals surface area contributed by atoms with Crippen molar-refractivity contribution in [2.45, 2.75) is 32.6 Å². The first-order valence-corrected chi connectivity index (χ1v) is 10.1. The van der Waals surface area contributed by atoms with Gasteiger partial charge in [-0.2, -0.15) is 0 Å². The Bertz CT molecular complexity index is 775. The number of pyridine rings is 1. The molecule has 0 saturated carbocycles. The average molecular weight is 364 g/mol. The lowest BCUT2D eigenvalue weighted by atomic mass is 9.99. The summed E-state index contributed by atoms with van der Waals surface area (Å²) < 4.78 is 0. The third-order valence-corrected chi connectivity index (χ3v) is 5.71. The highest BCUT2D eigenvalue weighted by Gasteiger charge is 2.21. The molecule has 2 aliphatic heterocycles. The number of aromatic nitrogens is 1. The number of nitrogens with zero attached hydrogens (tertiary/aromatic N) is 3. The number of rotatable bonds is 4. The Morgan fingerprint density at radius 3 is 2.41 bits per heavy atom. The minimum atomic E-state index is -0.0930. The first kappa shape index (κ1) is 17.8. The van der Waals surface area contributed by atoms with Gasteiger partial charge in [0.15, 0.2) is 0 Å². The number of nitrogens with one attached hydrogen (secondary N) is 1. The third kappa shape index (κ3) is 4.07. The fraction of sp³-hybridized carbons (Fsp3) is 0.455. The zero-order chi connectivity index (χ0) is 18.6. The molecule has 0 aliphatic carbocycles. The van der Waals surface area contributed by atoms with Gasteiger partial charge in [-0.25, -0.2) is 4.98 Å². The zero-order valence-corrected chi connectivity index (χ0v) is 16.0. The van der Waals surface area contributed by atoms with Gasteiger partial charge >= 0.3 is 0 Å². The number of carbonyl (C=O) groups is 1. The maximum absolute atomic E-state index is 12.8. The van der Waals surface area contributed by atoms with Crippen LogP contribution in [-0.4, -0.2) is 37.1 Å². The van der Waals surface area contributed by atoms with Gasteiger partial charge in [0, 0.05) is 43.8 Å². The van der Waals surface area contributed by atoms with Crippen LogP contribution in [-0.2, 0) is 0 Å². The molecule has 142 valence electrons. The summed E-state index contributed by atoms with van der Waals surface area (Å²) in [4.78, 5) is 21.9. The number of carbonyl (C=O) groups excluding carboxylic acids is 1. The highest BCUT2D eigenvalue weighted by molar-refractivity contribution is 6.07. The molecule has 1 amide bonds. The largest absolute Gasteiger partial charge is 0.372 e. The van der Waals surface area contributed by atoms with Crippen LogP contribution < -0.4 is 15.1 Å². The first-order valence-electron chi connectivity index (χ1n) is 10.1. The van der Waals surface area contributed by atoms with Gasteiger partial charge in [-0.15, -0.1) is 0 Å². The van der Waals surface area contributed by atoms with Gasteiger partial charge in [0.2, 0.25) is 0 Å². The summed E-state index contributed by atoms with van der Waals surface area (Å²) in [6, 6.07) is 11.9. The Hall–Kier alpha value is -2.56. The minimum absolute atomic E-state index is 0.0930. The van der Waals surface area contributed by atoms with E-state index in [9.17, 15) is 4.79 Å². The summed E-state index contributed by atoms with van der Waals surface area (Å²) in [7, 11) is 0. The molecule has 27 heavy (non-hydrogen) atoms. The molecule has 1 aromatic heterocycles. The smallest absolute Gasteiger partial charge is 0.259 e. The van der Waals surface area contributed by atoms with Crippen molar-refractivity contribution in [2.75, 3.05) is 41.3 Å². The molecule has 0 unspecified atom stereocenters. The van der Waals surface area contributed by atoms with Gasteiger partial charge in [-0.3, -0.25) is 4.79 Å². The Balaban J connectivity index is 1.44. The molecule has 2 aromatic rings. The second kappa shape index (κ2) is 7.99.